The molecule has 0 atom stereocenters. The normalized spacial score (nSPS) is 18.4. The zero-order chi connectivity index (χ0) is 11.4. The van der Waals surface area contributed by atoms with E-state index < -0.39 is 0 Å². The first-order valence-corrected chi connectivity index (χ1v) is 6.15. The lowest BCUT2D eigenvalue weighted by Gasteiger charge is -2.41. The minimum Gasteiger partial charge on any atom is -0.394 e. The highest BCUT2D eigenvalue weighted by Crippen LogP contribution is 2.31. The van der Waals surface area contributed by atoms with Crippen LogP contribution in [0.15, 0.2) is 12.4 Å². The molecule has 0 saturated heterocycles. The van der Waals surface area contributed by atoms with E-state index >= 15 is 0 Å². The van der Waals surface area contributed by atoms with Gasteiger partial charge in [-0.2, -0.15) is 5.10 Å². The Hall–Kier alpha value is -0.870. The van der Waals surface area contributed by atoms with Gasteiger partial charge >= 0.3 is 0 Å². The molecule has 0 aromatic carbocycles. The van der Waals surface area contributed by atoms with E-state index in [2.05, 4.69) is 23.5 Å². The molecule has 0 unspecified atom stereocenters. The fraction of sp³-hybridized carbons (Fsp3) is 0.750. The average molecular weight is 223 g/mol. The molecule has 0 spiro atoms. The van der Waals surface area contributed by atoms with Crippen LogP contribution in [0, 0.1) is 0 Å². The second-order valence-electron chi connectivity index (χ2n) is 4.76. The Balaban J connectivity index is 1.84. The number of nitrogens with one attached hydrogen (secondary N) is 1. The van der Waals surface area contributed by atoms with Gasteiger partial charge in [0.05, 0.1) is 12.8 Å². The van der Waals surface area contributed by atoms with Crippen molar-refractivity contribution < 1.29 is 5.11 Å². The number of aliphatic hydroxyl groups excluding tert-OH is 1. The van der Waals surface area contributed by atoms with Gasteiger partial charge in [-0.3, -0.25) is 4.68 Å². The average Bonchev–Trinajstić information content (AvgIpc) is 2.66. The third-order valence-corrected chi connectivity index (χ3v) is 3.42. The molecule has 2 N–H and O–H groups in total. The fourth-order valence-electron chi connectivity index (χ4n) is 2.13. The number of hydrogen-bond donors (Lipinski definition) is 2. The van der Waals surface area contributed by atoms with Gasteiger partial charge in [0.1, 0.15) is 0 Å². The van der Waals surface area contributed by atoms with Gasteiger partial charge in [-0.05, 0) is 25.7 Å². The van der Waals surface area contributed by atoms with Crippen molar-refractivity contribution >= 4 is 0 Å². The van der Waals surface area contributed by atoms with Crippen LogP contribution in [-0.4, -0.2) is 27.0 Å². The second kappa shape index (κ2) is 4.97. The number of rotatable bonds is 6. The summed E-state index contributed by atoms with van der Waals surface area (Å²) in [7, 11) is 0. The summed E-state index contributed by atoms with van der Waals surface area (Å²) in [5.74, 6) is 0. The molecule has 1 heterocycles. The van der Waals surface area contributed by atoms with Crippen molar-refractivity contribution in [1.82, 2.24) is 15.1 Å². The predicted molar refractivity (Wildman–Crippen MR) is 63.0 cm³/mol. The van der Waals surface area contributed by atoms with Crippen LogP contribution in [0.5, 0.6) is 0 Å². The number of aliphatic hydroxyl groups is 1. The van der Waals surface area contributed by atoms with Crippen LogP contribution in [0.25, 0.3) is 0 Å². The largest absolute Gasteiger partial charge is 0.394 e. The minimum absolute atomic E-state index is 0.00709. The Morgan fingerprint density at radius 1 is 1.56 bits per heavy atom. The van der Waals surface area contributed by atoms with Crippen molar-refractivity contribution in [2.45, 2.75) is 51.2 Å². The van der Waals surface area contributed by atoms with E-state index in [1.807, 2.05) is 10.9 Å². The van der Waals surface area contributed by atoms with Gasteiger partial charge in [-0.25, -0.2) is 0 Å². The molecular formula is C12H21N3O. The van der Waals surface area contributed by atoms with Gasteiger partial charge in [0.25, 0.3) is 0 Å². The van der Waals surface area contributed by atoms with Gasteiger partial charge in [-0.15, -0.1) is 0 Å². The third kappa shape index (κ3) is 2.44. The Bertz CT molecular complexity index is 325. The summed E-state index contributed by atoms with van der Waals surface area (Å²) >= 11 is 0. The van der Waals surface area contributed by atoms with Crippen molar-refractivity contribution in [1.29, 1.82) is 0 Å². The molecule has 4 nitrogen and oxygen atoms in total. The molecule has 90 valence electrons. The molecule has 1 aromatic rings. The van der Waals surface area contributed by atoms with Crippen LogP contribution in [-0.2, 0) is 13.1 Å². The van der Waals surface area contributed by atoms with E-state index in [9.17, 15) is 5.11 Å². The maximum atomic E-state index is 9.32. The molecule has 0 aliphatic heterocycles. The second-order valence-corrected chi connectivity index (χ2v) is 4.76. The van der Waals surface area contributed by atoms with Gasteiger partial charge in [-0.1, -0.05) is 6.92 Å². The minimum atomic E-state index is -0.00709. The van der Waals surface area contributed by atoms with Crippen molar-refractivity contribution in [2.75, 3.05) is 6.61 Å². The molecule has 1 saturated carbocycles. The van der Waals surface area contributed by atoms with E-state index in [0.717, 1.165) is 32.4 Å². The molecule has 0 amide bonds. The fourth-order valence-corrected chi connectivity index (χ4v) is 2.13. The number of aromatic nitrogens is 2. The Kier molecular flexibility index (Phi) is 3.61. The maximum Gasteiger partial charge on any atom is 0.0613 e. The van der Waals surface area contributed by atoms with E-state index in [0.29, 0.717) is 0 Å². The zero-order valence-electron chi connectivity index (χ0n) is 9.95. The van der Waals surface area contributed by atoms with Crippen LogP contribution in [0.1, 0.15) is 38.2 Å². The summed E-state index contributed by atoms with van der Waals surface area (Å²) in [6.07, 6.45) is 8.50. The molecule has 0 radical (unpaired) electrons. The number of nitrogens with zero attached hydrogens (tertiary/aromatic N) is 2. The topological polar surface area (TPSA) is 50.1 Å². The lowest BCUT2D eigenvalue weighted by Crippen LogP contribution is -2.53. The summed E-state index contributed by atoms with van der Waals surface area (Å²) in [6.45, 7) is 4.18. The van der Waals surface area contributed by atoms with Gasteiger partial charge in [0.15, 0.2) is 0 Å². The molecule has 1 fully saturated rings. The summed E-state index contributed by atoms with van der Waals surface area (Å²) < 4.78 is 1.98. The van der Waals surface area contributed by atoms with E-state index in [1.165, 1.54) is 12.0 Å². The summed E-state index contributed by atoms with van der Waals surface area (Å²) in [4.78, 5) is 0. The van der Waals surface area contributed by atoms with Crippen molar-refractivity contribution in [2.24, 2.45) is 0 Å². The van der Waals surface area contributed by atoms with E-state index in [1.54, 1.807) is 0 Å². The SMILES string of the molecule is CCCn1cc(CNC2(CO)CCC2)cn1. The Morgan fingerprint density at radius 3 is 2.94 bits per heavy atom. The number of hydrogen-bond acceptors (Lipinski definition) is 3. The highest BCUT2D eigenvalue weighted by Gasteiger charge is 2.35. The summed E-state index contributed by atoms with van der Waals surface area (Å²) in [5.41, 5.74) is 1.19. The smallest absolute Gasteiger partial charge is 0.0613 e. The first-order chi connectivity index (χ1) is 7.78. The lowest BCUT2D eigenvalue weighted by atomic mass is 9.77. The standard InChI is InChI=1S/C12H21N3O/c1-2-6-15-9-11(8-14-15)7-13-12(10-16)4-3-5-12/h8-9,13,16H,2-7,10H2,1H3. The van der Waals surface area contributed by atoms with Crippen LogP contribution in [0.3, 0.4) is 0 Å². The summed E-state index contributed by atoms with van der Waals surface area (Å²) in [5, 5.41) is 17.1. The molecule has 16 heavy (non-hydrogen) atoms. The van der Waals surface area contributed by atoms with Gasteiger partial charge in [0, 0.05) is 30.4 Å². The zero-order valence-corrected chi connectivity index (χ0v) is 9.95. The van der Waals surface area contributed by atoms with E-state index in [4.69, 9.17) is 0 Å². The molecule has 2 rings (SSSR count). The van der Waals surface area contributed by atoms with Crippen LogP contribution in [0.2, 0.25) is 0 Å². The summed E-state index contributed by atoms with van der Waals surface area (Å²) in [6, 6.07) is 0. The van der Waals surface area contributed by atoms with Crippen molar-refractivity contribution in [3.8, 4) is 0 Å². The van der Waals surface area contributed by atoms with Gasteiger partial charge in [0.2, 0.25) is 0 Å². The maximum absolute atomic E-state index is 9.32. The third-order valence-electron chi connectivity index (χ3n) is 3.42. The quantitative estimate of drug-likeness (QED) is 0.764. The first-order valence-electron chi connectivity index (χ1n) is 6.15. The van der Waals surface area contributed by atoms with Crippen molar-refractivity contribution in [3.05, 3.63) is 18.0 Å². The van der Waals surface area contributed by atoms with Crippen LogP contribution < -0.4 is 5.32 Å². The molecule has 1 aromatic heterocycles. The van der Waals surface area contributed by atoms with Crippen LogP contribution in [0.4, 0.5) is 0 Å². The molecule has 0 bridgehead atoms. The monoisotopic (exact) mass is 223 g/mol. The van der Waals surface area contributed by atoms with Crippen LogP contribution >= 0.6 is 0 Å². The molecule has 4 heteroatoms. The van der Waals surface area contributed by atoms with Crippen molar-refractivity contribution in [3.63, 3.8) is 0 Å². The number of aryl methyl sites for hydroxylation is 1. The highest BCUT2D eigenvalue weighted by molar-refractivity contribution is 5.06. The Labute approximate surface area is 96.7 Å². The Morgan fingerprint density at radius 2 is 2.38 bits per heavy atom. The molecule has 1 aliphatic rings. The highest BCUT2D eigenvalue weighted by atomic mass is 16.3. The van der Waals surface area contributed by atoms with Gasteiger partial charge < -0.3 is 10.4 Å². The molecular weight excluding hydrogens is 202 g/mol. The first kappa shape index (κ1) is 11.6. The van der Waals surface area contributed by atoms with E-state index in [-0.39, 0.29) is 12.1 Å². The molecule has 1 aliphatic carbocycles. The predicted octanol–water partition coefficient (Wildman–Crippen LogP) is 1.30. The lowest BCUT2D eigenvalue weighted by molar-refractivity contribution is 0.0872.